The zero-order chi connectivity index (χ0) is 25.1. The predicted molar refractivity (Wildman–Crippen MR) is 138 cm³/mol. The summed E-state index contributed by atoms with van der Waals surface area (Å²) >= 11 is 0. The highest BCUT2D eigenvalue weighted by Gasteiger charge is 2.40. The van der Waals surface area contributed by atoms with E-state index in [1.165, 1.54) is 25.9 Å². The molecule has 0 bridgehead atoms. The maximum atomic E-state index is 13.0. The van der Waals surface area contributed by atoms with Gasteiger partial charge < -0.3 is 19.1 Å². The van der Waals surface area contributed by atoms with Crippen LogP contribution >= 0.6 is 0 Å². The summed E-state index contributed by atoms with van der Waals surface area (Å²) < 4.78 is 43.2. The number of nitrogens with zero attached hydrogens (tertiary/aromatic N) is 1. The van der Waals surface area contributed by atoms with Gasteiger partial charge in [0.05, 0.1) is 13.7 Å². The molecule has 0 aliphatic carbocycles. The van der Waals surface area contributed by atoms with Crippen molar-refractivity contribution in [3.05, 3.63) is 48.0 Å². The molecular weight excluding hydrogens is 450 g/mol. The average molecular weight is 492 g/mol. The summed E-state index contributed by atoms with van der Waals surface area (Å²) in [6, 6.07) is 12.4. The van der Waals surface area contributed by atoms with E-state index in [0.29, 0.717) is 18.1 Å². The molecule has 0 amide bonds. The van der Waals surface area contributed by atoms with E-state index in [1.54, 1.807) is 32.2 Å². The number of sulfone groups is 1. The van der Waals surface area contributed by atoms with Crippen molar-refractivity contribution >= 4 is 9.84 Å². The normalized spacial score (nSPS) is 20.5. The second-order valence-electron chi connectivity index (χ2n) is 7.92. The Hall–Kier alpha value is -2.25. The van der Waals surface area contributed by atoms with Crippen LogP contribution in [0.2, 0.25) is 0 Å². The van der Waals surface area contributed by atoms with Crippen molar-refractivity contribution in [3.63, 3.8) is 0 Å². The molecule has 2 aromatic carbocycles. The van der Waals surface area contributed by atoms with Gasteiger partial charge in [-0.25, -0.2) is 8.42 Å². The average Bonchev–Trinajstić information content (AvgIpc) is 3.40. The molecule has 0 spiro atoms. The van der Waals surface area contributed by atoms with Crippen LogP contribution in [-0.2, 0) is 9.84 Å². The van der Waals surface area contributed by atoms with E-state index in [1.807, 2.05) is 52.0 Å². The quantitative estimate of drug-likeness (QED) is 0.449. The smallest absolute Gasteiger partial charge is 0.188 e. The first kappa shape index (κ1) is 28.0. The Morgan fingerprint density at radius 2 is 1.59 bits per heavy atom. The van der Waals surface area contributed by atoms with Crippen LogP contribution in [0.15, 0.2) is 47.4 Å². The third-order valence-electron chi connectivity index (χ3n) is 5.92. The number of hydrogen-bond acceptors (Lipinski definition) is 6. The molecule has 0 saturated carbocycles. The summed E-state index contributed by atoms with van der Waals surface area (Å²) in [5.41, 5.74) is 0.809. The van der Waals surface area contributed by atoms with E-state index < -0.39 is 21.2 Å². The van der Waals surface area contributed by atoms with Crippen LogP contribution in [0, 0.1) is 0 Å². The molecule has 0 unspecified atom stereocenters. The second kappa shape index (κ2) is 13.6. The maximum Gasteiger partial charge on any atom is 0.188 e. The molecular formula is C27H41NO5S. The first-order valence-corrected chi connectivity index (χ1v) is 14.1. The predicted octanol–water partition coefficient (Wildman–Crippen LogP) is 5.91. The Morgan fingerprint density at radius 3 is 2.21 bits per heavy atom. The van der Waals surface area contributed by atoms with Gasteiger partial charge >= 0.3 is 0 Å². The zero-order valence-electron chi connectivity index (χ0n) is 21.5. The summed E-state index contributed by atoms with van der Waals surface area (Å²) in [7, 11) is -1.95. The Morgan fingerprint density at radius 1 is 0.971 bits per heavy atom. The van der Waals surface area contributed by atoms with Gasteiger partial charge in [0.1, 0.15) is 33.5 Å². The van der Waals surface area contributed by atoms with E-state index in [-0.39, 0.29) is 4.90 Å². The summed E-state index contributed by atoms with van der Waals surface area (Å²) in [6.07, 6.45) is 3.02. The summed E-state index contributed by atoms with van der Waals surface area (Å²) in [5.74, 6) is 1.68. The van der Waals surface area contributed by atoms with Gasteiger partial charge in [0.2, 0.25) is 0 Å². The van der Waals surface area contributed by atoms with Crippen LogP contribution in [0.1, 0.15) is 65.5 Å². The van der Waals surface area contributed by atoms with E-state index in [0.717, 1.165) is 24.3 Å². The molecule has 2 atom stereocenters. The Bertz CT molecular complexity index is 969. The number of likely N-dealkylation sites (tertiary alicyclic amines) is 1. The topological polar surface area (TPSA) is 65.1 Å². The number of methoxy groups -OCH3 is 1. The van der Waals surface area contributed by atoms with Gasteiger partial charge in [-0.2, -0.15) is 0 Å². The molecule has 7 heteroatoms. The minimum absolute atomic E-state index is 0.213. The number of hydrogen-bond donors (Lipinski definition) is 0. The molecule has 1 fully saturated rings. The van der Waals surface area contributed by atoms with Gasteiger partial charge in [0.25, 0.3) is 0 Å². The van der Waals surface area contributed by atoms with Crippen LogP contribution < -0.4 is 14.2 Å². The Labute approximate surface area is 206 Å². The fourth-order valence-electron chi connectivity index (χ4n) is 4.12. The van der Waals surface area contributed by atoms with Crippen molar-refractivity contribution < 1.29 is 22.6 Å². The zero-order valence-corrected chi connectivity index (χ0v) is 22.4. The number of ether oxygens (including phenoxy) is 3. The van der Waals surface area contributed by atoms with E-state index in [4.69, 9.17) is 14.2 Å². The summed E-state index contributed by atoms with van der Waals surface area (Å²) in [6.45, 7) is 13.8. The minimum atomic E-state index is -3.50. The summed E-state index contributed by atoms with van der Waals surface area (Å²) in [4.78, 5) is 2.69. The van der Waals surface area contributed by atoms with Crippen LogP contribution in [0.25, 0.3) is 0 Å². The van der Waals surface area contributed by atoms with Crippen LogP contribution in [0.3, 0.4) is 0 Å². The van der Waals surface area contributed by atoms with Crippen molar-refractivity contribution in [2.24, 2.45) is 0 Å². The Kier molecular flexibility index (Phi) is 11.2. The van der Waals surface area contributed by atoms with Crippen molar-refractivity contribution in [1.29, 1.82) is 0 Å². The summed E-state index contributed by atoms with van der Waals surface area (Å²) in [5, 5.41) is -0.689. The van der Waals surface area contributed by atoms with E-state index in [2.05, 4.69) is 4.90 Å². The molecule has 2 aliphatic heterocycles. The minimum Gasteiger partial charge on any atom is -0.497 e. The largest absolute Gasteiger partial charge is 0.497 e. The highest BCUT2D eigenvalue weighted by Crippen LogP contribution is 2.42. The SMILES string of the molecule is CC.CC.COc1ccc2c(c1)O[C@@H](c1ccc(OCCCN3CCCC3)cc1)[C@H](C)S2(=O)=O. The molecule has 0 aromatic heterocycles. The standard InChI is InChI=1S/C23H29NO5S.2C2H6/c1-17-23(29-21-16-20(27-2)10-11-22(21)30(17,25)26)18-6-8-19(9-7-18)28-15-5-14-24-12-3-4-13-24;2*1-2/h6-11,16-17,23H,3-5,12-15H2,1-2H3;2*1-2H3/t17-,23+;;/m0../s1. The monoisotopic (exact) mass is 491 g/mol. The van der Waals surface area contributed by atoms with Gasteiger partial charge in [-0.1, -0.05) is 39.8 Å². The molecule has 34 heavy (non-hydrogen) atoms. The fraction of sp³-hybridized carbons (Fsp3) is 0.556. The second-order valence-corrected chi connectivity index (χ2v) is 10.2. The molecule has 1 saturated heterocycles. The lowest BCUT2D eigenvalue weighted by Crippen LogP contribution is -2.34. The van der Waals surface area contributed by atoms with Crippen molar-refractivity contribution in [2.75, 3.05) is 33.4 Å². The lowest BCUT2D eigenvalue weighted by atomic mass is 10.1. The van der Waals surface area contributed by atoms with Gasteiger partial charge in [-0.3, -0.25) is 0 Å². The van der Waals surface area contributed by atoms with Gasteiger partial charge in [0, 0.05) is 12.6 Å². The molecule has 190 valence electrons. The highest BCUT2D eigenvalue weighted by atomic mass is 32.2. The van der Waals surface area contributed by atoms with Gasteiger partial charge in [0.15, 0.2) is 9.84 Å². The number of rotatable bonds is 7. The number of fused-ring (bicyclic) bond motifs is 1. The third-order valence-corrected chi connectivity index (χ3v) is 8.10. The molecule has 4 rings (SSSR count). The van der Waals surface area contributed by atoms with E-state index >= 15 is 0 Å². The molecule has 0 radical (unpaired) electrons. The molecule has 2 heterocycles. The van der Waals surface area contributed by atoms with Crippen molar-refractivity contribution in [2.45, 2.75) is 70.1 Å². The molecule has 2 aromatic rings. The third kappa shape index (κ3) is 6.66. The van der Waals surface area contributed by atoms with Gasteiger partial charge in [-0.15, -0.1) is 0 Å². The van der Waals surface area contributed by atoms with Gasteiger partial charge in [-0.05, 0) is 69.1 Å². The Balaban J connectivity index is 0.000000970. The first-order valence-electron chi connectivity index (χ1n) is 12.5. The van der Waals surface area contributed by atoms with E-state index in [9.17, 15) is 8.42 Å². The van der Waals surface area contributed by atoms with Crippen LogP contribution in [0.5, 0.6) is 17.2 Å². The first-order chi connectivity index (χ1) is 16.5. The molecule has 2 aliphatic rings. The lowest BCUT2D eigenvalue weighted by Gasteiger charge is -2.31. The fourth-order valence-corrected chi connectivity index (χ4v) is 5.70. The van der Waals surface area contributed by atoms with Crippen molar-refractivity contribution in [1.82, 2.24) is 4.90 Å². The van der Waals surface area contributed by atoms with Crippen LogP contribution in [-0.4, -0.2) is 51.9 Å². The maximum absolute atomic E-state index is 13.0. The van der Waals surface area contributed by atoms with Crippen LogP contribution in [0.4, 0.5) is 0 Å². The molecule has 0 N–H and O–H groups in total. The lowest BCUT2D eigenvalue weighted by molar-refractivity contribution is 0.188. The van der Waals surface area contributed by atoms with Crippen molar-refractivity contribution in [3.8, 4) is 17.2 Å². The highest BCUT2D eigenvalue weighted by molar-refractivity contribution is 7.92. The number of benzene rings is 2. The molecule has 6 nitrogen and oxygen atoms in total.